The second-order valence-electron chi connectivity index (χ2n) is 5.03. The van der Waals surface area contributed by atoms with E-state index in [0.29, 0.717) is 16.9 Å². The van der Waals surface area contributed by atoms with Crippen molar-refractivity contribution < 1.29 is 18.4 Å². The van der Waals surface area contributed by atoms with Crippen molar-refractivity contribution in [1.29, 1.82) is 0 Å². The van der Waals surface area contributed by atoms with Crippen LogP contribution in [0, 0.1) is 11.6 Å². The summed E-state index contributed by atoms with van der Waals surface area (Å²) >= 11 is 0. The Hall–Kier alpha value is -2.76. The number of amides is 2. The maximum Gasteiger partial charge on any atom is 0.232 e. The standard InChI is InChI=1S/C16H12F2N2O2/c17-9-1-4-11(5-2-9)19-16(22)13-8-15(21)20-14-7-10(18)3-6-12(13)14/h1-7,13H,8H2,(H,19,22)(H,20,21)/t13-/m0/s1. The van der Waals surface area contributed by atoms with Crippen LogP contribution >= 0.6 is 0 Å². The summed E-state index contributed by atoms with van der Waals surface area (Å²) in [6.45, 7) is 0. The molecule has 0 aromatic heterocycles. The Morgan fingerprint density at radius 1 is 1.09 bits per heavy atom. The molecule has 1 aliphatic rings. The molecule has 0 spiro atoms. The van der Waals surface area contributed by atoms with Gasteiger partial charge in [-0.15, -0.1) is 0 Å². The molecule has 0 unspecified atom stereocenters. The molecular weight excluding hydrogens is 290 g/mol. The Morgan fingerprint density at radius 3 is 2.50 bits per heavy atom. The lowest BCUT2D eigenvalue weighted by molar-refractivity contribution is -0.123. The van der Waals surface area contributed by atoms with Crippen LogP contribution in [0.5, 0.6) is 0 Å². The average Bonchev–Trinajstić information content (AvgIpc) is 2.48. The number of rotatable bonds is 2. The fourth-order valence-electron chi connectivity index (χ4n) is 2.43. The summed E-state index contributed by atoms with van der Waals surface area (Å²) in [6.07, 6.45) is -0.0222. The zero-order valence-corrected chi connectivity index (χ0v) is 11.4. The molecule has 2 aromatic rings. The zero-order valence-electron chi connectivity index (χ0n) is 11.4. The molecule has 1 heterocycles. The summed E-state index contributed by atoms with van der Waals surface area (Å²) in [5, 5.41) is 5.18. The Kier molecular flexibility index (Phi) is 3.58. The molecule has 0 aliphatic carbocycles. The lowest BCUT2D eigenvalue weighted by atomic mass is 9.89. The highest BCUT2D eigenvalue weighted by Crippen LogP contribution is 2.33. The molecule has 0 bridgehead atoms. The minimum Gasteiger partial charge on any atom is -0.326 e. The molecule has 3 rings (SSSR count). The average molecular weight is 302 g/mol. The Balaban J connectivity index is 1.86. The SMILES string of the molecule is O=C1C[C@H](C(=O)Nc2ccc(F)cc2)c2ccc(F)cc2N1. The number of hydrogen-bond donors (Lipinski definition) is 2. The molecule has 0 fully saturated rings. The summed E-state index contributed by atoms with van der Waals surface area (Å²) in [7, 11) is 0. The fourth-order valence-corrected chi connectivity index (χ4v) is 2.43. The van der Waals surface area contributed by atoms with Crippen LogP contribution in [0.3, 0.4) is 0 Å². The van der Waals surface area contributed by atoms with Crippen LogP contribution in [0.25, 0.3) is 0 Å². The highest BCUT2D eigenvalue weighted by Gasteiger charge is 2.30. The molecule has 6 heteroatoms. The number of carbonyl (C=O) groups is 2. The van der Waals surface area contributed by atoms with Crippen molar-refractivity contribution >= 4 is 23.2 Å². The van der Waals surface area contributed by atoms with Gasteiger partial charge in [0, 0.05) is 17.8 Å². The van der Waals surface area contributed by atoms with Gasteiger partial charge >= 0.3 is 0 Å². The van der Waals surface area contributed by atoms with E-state index < -0.39 is 23.5 Å². The van der Waals surface area contributed by atoms with Gasteiger partial charge in [-0.1, -0.05) is 6.07 Å². The lowest BCUT2D eigenvalue weighted by Crippen LogP contribution is -2.30. The first-order valence-corrected chi connectivity index (χ1v) is 6.68. The van der Waals surface area contributed by atoms with Crippen LogP contribution in [0.4, 0.5) is 20.2 Å². The molecule has 112 valence electrons. The first kappa shape index (κ1) is 14.2. The predicted octanol–water partition coefficient (Wildman–Crippen LogP) is 3.03. The van der Waals surface area contributed by atoms with E-state index in [1.165, 1.54) is 42.5 Å². The number of carbonyl (C=O) groups excluding carboxylic acids is 2. The summed E-state index contributed by atoms with van der Waals surface area (Å²) in [5.74, 6) is -2.35. The molecule has 0 radical (unpaired) electrons. The Morgan fingerprint density at radius 2 is 1.77 bits per heavy atom. The van der Waals surface area contributed by atoms with Crippen LogP contribution in [-0.2, 0) is 9.59 Å². The number of hydrogen-bond acceptors (Lipinski definition) is 2. The molecule has 4 nitrogen and oxygen atoms in total. The van der Waals surface area contributed by atoms with Crippen molar-refractivity contribution in [2.75, 3.05) is 10.6 Å². The van der Waals surface area contributed by atoms with E-state index in [-0.39, 0.29) is 12.3 Å². The number of benzene rings is 2. The van der Waals surface area contributed by atoms with Crippen LogP contribution in [0.2, 0.25) is 0 Å². The number of anilines is 2. The van der Waals surface area contributed by atoms with Crippen molar-refractivity contribution in [1.82, 2.24) is 0 Å². The smallest absolute Gasteiger partial charge is 0.232 e. The number of fused-ring (bicyclic) bond motifs is 1. The van der Waals surface area contributed by atoms with E-state index in [0.717, 1.165) is 0 Å². The molecule has 0 saturated heterocycles. The second-order valence-corrected chi connectivity index (χ2v) is 5.03. The maximum absolute atomic E-state index is 13.2. The van der Waals surface area contributed by atoms with E-state index >= 15 is 0 Å². The number of nitrogens with one attached hydrogen (secondary N) is 2. The van der Waals surface area contributed by atoms with E-state index in [9.17, 15) is 18.4 Å². The highest BCUT2D eigenvalue weighted by atomic mass is 19.1. The molecule has 0 saturated carbocycles. The van der Waals surface area contributed by atoms with Gasteiger partial charge in [0.1, 0.15) is 11.6 Å². The van der Waals surface area contributed by atoms with Gasteiger partial charge in [0.05, 0.1) is 5.92 Å². The summed E-state index contributed by atoms with van der Waals surface area (Å²) in [5.41, 5.74) is 1.29. The van der Waals surface area contributed by atoms with Gasteiger partial charge < -0.3 is 10.6 Å². The maximum atomic E-state index is 13.2. The summed E-state index contributed by atoms with van der Waals surface area (Å²) in [6, 6.07) is 9.24. The Labute approximate surface area is 125 Å². The van der Waals surface area contributed by atoms with E-state index in [2.05, 4.69) is 10.6 Å². The second kappa shape index (κ2) is 5.55. The van der Waals surface area contributed by atoms with Gasteiger partial charge in [-0.2, -0.15) is 0 Å². The van der Waals surface area contributed by atoms with Gasteiger partial charge in [0.25, 0.3) is 0 Å². The van der Waals surface area contributed by atoms with Crippen molar-refractivity contribution in [3.8, 4) is 0 Å². The normalized spacial score (nSPS) is 16.6. The third-order valence-corrected chi connectivity index (χ3v) is 3.48. The van der Waals surface area contributed by atoms with Crippen LogP contribution in [-0.4, -0.2) is 11.8 Å². The molecule has 2 aromatic carbocycles. The van der Waals surface area contributed by atoms with Crippen molar-refractivity contribution in [2.45, 2.75) is 12.3 Å². The molecule has 1 atom stereocenters. The quantitative estimate of drug-likeness (QED) is 0.896. The molecule has 2 amide bonds. The summed E-state index contributed by atoms with van der Waals surface area (Å²) < 4.78 is 26.1. The van der Waals surface area contributed by atoms with Gasteiger partial charge in [0.2, 0.25) is 11.8 Å². The fraction of sp³-hybridized carbons (Fsp3) is 0.125. The molecule has 1 aliphatic heterocycles. The molecule has 2 N–H and O–H groups in total. The largest absolute Gasteiger partial charge is 0.326 e. The van der Waals surface area contributed by atoms with Crippen LogP contribution < -0.4 is 10.6 Å². The minimum absolute atomic E-state index is 0.0222. The zero-order chi connectivity index (χ0) is 15.7. The topological polar surface area (TPSA) is 58.2 Å². The third kappa shape index (κ3) is 2.81. The predicted molar refractivity (Wildman–Crippen MR) is 77.4 cm³/mol. The van der Waals surface area contributed by atoms with E-state index in [1.807, 2.05) is 0 Å². The van der Waals surface area contributed by atoms with E-state index in [4.69, 9.17) is 0 Å². The van der Waals surface area contributed by atoms with Crippen LogP contribution in [0.15, 0.2) is 42.5 Å². The van der Waals surface area contributed by atoms with Crippen molar-refractivity contribution in [3.63, 3.8) is 0 Å². The first-order chi connectivity index (χ1) is 10.5. The van der Waals surface area contributed by atoms with E-state index in [1.54, 1.807) is 0 Å². The van der Waals surface area contributed by atoms with Gasteiger partial charge in [-0.3, -0.25) is 9.59 Å². The van der Waals surface area contributed by atoms with Gasteiger partial charge in [-0.05, 0) is 42.0 Å². The lowest BCUT2D eigenvalue weighted by Gasteiger charge is -2.24. The van der Waals surface area contributed by atoms with Crippen LogP contribution in [0.1, 0.15) is 17.9 Å². The minimum atomic E-state index is -0.714. The van der Waals surface area contributed by atoms with Gasteiger partial charge in [-0.25, -0.2) is 8.78 Å². The monoisotopic (exact) mass is 302 g/mol. The van der Waals surface area contributed by atoms with Gasteiger partial charge in [0.15, 0.2) is 0 Å². The van der Waals surface area contributed by atoms with Crippen molar-refractivity contribution in [3.05, 3.63) is 59.7 Å². The molecule has 22 heavy (non-hydrogen) atoms. The Bertz CT molecular complexity index is 744. The first-order valence-electron chi connectivity index (χ1n) is 6.68. The molecular formula is C16H12F2N2O2. The summed E-state index contributed by atoms with van der Waals surface area (Å²) in [4.78, 5) is 24.1. The number of halogens is 2. The third-order valence-electron chi connectivity index (χ3n) is 3.48. The van der Waals surface area contributed by atoms with Crippen molar-refractivity contribution in [2.24, 2.45) is 0 Å². The highest BCUT2D eigenvalue weighted by molar-refractivity contribution is 6.05.